The van der Waals surface area contributed by atoms with Crippen LogP contribution >= 0.6 is 0 Å². The fraction of sp³-hybridized carbons (Fsp3) is 0.368. The van der Waals surface area contributed by atoms with Gasteiger partial charge in [0.1, 0.15) is 0 Å². The summed E-state index contributed by atoms with van der Waals surface area (Å²) in [6.07, 6.45) is -3.08. The second-order valence-corrected chi connectivity index (χ2v) is 6.32. The molecule has 0 unspecified atom stereocenters. The molecule has 2 aromatic rings. The van der Waals surface area contributed by atoms with Crippen LogP contribution in [0.3, 0.4) is 0 Å². The molecule has 2 aromatic carbocycles. The number of piperazine rings is 1. The van der Waals surface area contributed by atoms with E-state index in [2.05, 4.69) is 10.2 Å². The molecule has 1 heterocycles. The molecule has 0 aromatic heterocycles. The predicted molar refractivity (Wildman–Crippen MR) is 94.8 cm³/mol. The number of halogens is 3. The first-order chi connectivity index (χ1) is 11.9. The first kappa shape index (κ1) is 17.6. The summed E-state index contributed by atoms with van der Waals surface area (Å²) >= 11 is 0. The highest BCUT2D eigenvalue weighted by atomic mass is 19.4. The molecule has 1 saturated heterocycles. The Kier molecular flexibility index (Phi) is 5.18. The van der Waals surface area contributed by atoms with Gasteiger partial charge in [-0.25, -0.2) is 0 Å². The summed E-state index contributed by atoms with van der Waals surface area (Å²) in [5, 5.41) is 3.27. The van der Waals surface area contributed by atoms with Crippen LogP contribution < -0.4 is 16.0 Å². The average Bonchev–Trinajstić information content (AvgIpc) is 2.61. The number of alkyl halides is 3. The number of hydrogen-bond acceptors (Lipinski definition) is 3. The van der Waals surface area contributed by atoms with Crippen LogP contribution in [0.2, 0.25) is 0 Å². The van der Waals surface area contributed by atoms with Gasteiger partial charge in [-0.3, -0.25) is 0 Å². The van der Waals surface area contributed by atoms with Crippen LogP contribution in [0.15, 0.2) is 42.5 Å². The number of anilines is 2. The van der Waals surface area contributed by atoms with Crippen molar-refractivity contribution in [2.24, 2.45) is 0 Å². The first-order valence-electron chi connectivity index (χ1n) is 8.44. The van der Waals surface area contributed by atoms with E-state index in [1.165, 1.54) is 12.1 Å². The second-order valence-electron chi connectivity index (χ2n) is 6.32. The molecule has 0 spiro atoms. The summed E-state index contributed by atoms with van der Waals surface area (Å²) < 4.78 is 39.3. The Hall–Kier alpha value is -2.21. The molecule has 3 rings (SSSR count). The van der Waals surface area contributed by atoms with Crippen molar-refractivity contribution in [2.75, 3.05) is 36.8 Å². The maximum Gasteiger partial charge on any atom is 0.416 e. The van der Waals surface area contributed by atoms with Crippen molar-refractivity contribution in [1.82, 2.24) is 5.32 Å². The van der Waals surface area contributed by atoms with E-state index in [0.717, 1.165) is 43.0 Å². The van der Waals surface area contributed by atoms with Gasteiger partial charge >= 0.3 is 6.18 Å². The summed E-state index contributed by atoms with van der Waals surface area (Å²) in [5.74, 6) is 0. The molecule has 3 N–H and O–H groups in total. The maximum absolute atomic E-state index is 13.1. The van der Waals surface area contributed by atoms with Crippen molar-refractivity contribution in [3.05, 3.63) is 59.2 Å². The number of hydrogen-bond donors (Lipinski definition) is 2. The maximum atomic E-state index is 13.1. The average molecular weight is 349 g/mol. The monoisotopic (exact) mass is 349 g/mol. The van der Waals surface area contributed by atoms with Crippen molar-refractivity contribution >= 4 is 11.4 Å². The van der Waals surface area contributed by atoms with Gasteiger partial charge in [0.05, 0.1) is 5.56 Å². The van der Waals surface area contributed by atoms with Gasteiger partial charge in [-0.1, -0.05) is 12.1 Å². The molecule has 6 heteroatoms. The standard InChI is InChI=1S/C19H22F3N3/c20-19(21,22)16-5-8-18(25-11-9-24-10-12-25)15(13-16)4-1-14-2-6-17(23)7-3-14/h2-3,5-8,13,24H,1,4,9-12,23H2. The smallest absolute Gasteiger partial charge is 0.399 e. The quantitative estimate of drug-likeness (QED) is 0.831. The summed E-state index contributed by atoms with van der Waals surface area (Å²) in [4.78, 5) is 2.16. The van der Waals surface area contributed by atoms with Crippen LogP contribution in [0.5, 0.6) is 0 Å². The molecule has 0 amide bonds. The number of rotatable bonds is 4. The molecule has 0 saturated carbocycles. The Balaban J connectivity index is 1.85. The van der Waals surface area contributed by atoms with Gasteiger partial charge in [0, 0.05) is 37.6 Å². The molecule has 0 atom stereocenters. The minimum atomic E-state index is -4.32. The highest BCUT2D eigenvalue weighted by molar-refractivity contribution is 5.56. The lowest BCUT2D eigenvalue weighted by atomic mass is 9.99. The molecule has 0 radical (unpaired) electrons. The second kappa shape index (κ2) is 7.35. The van der Waals surface area contributed by atoms with E-state index in [9.17, 15) is 13.2 Å². The third kappa shape index (κ3) is 4.45. The molecule has 1 fully saturated rings. The Labute approximate surface area is 145 Å². The lowest BCUT2D eigenvalue weighted by Gasteiger charge is -2.31. The van der Waals surface area contributed by atoms with Crippen molar-refractivity contribution in [2.45, 2.75) is 19.0 Å². The van der Waals surface area contributed by atoms with Gasteiger partial charge in [-0.2, -0.15) is 13.2 Å². The third-order valence-corrected chi connectivity index (χ3v) is 4.53. The Morgan fingerprint density at radius 3 is 2.28 bits per heavy atom. The number of nitrogens with two attached hydrogens (primary N) is 1. The molecule has 0 bridgehead atoms. The molecular weight excluding hydrogens is 327 g/mol. The Morgan fingerprint density at radius 1 is 0.960 bits per heavy atom. The first-order valence-corrected chi connectivity index (χ1v) is 8.44. The van der Waals surface area contributed by atoms with Crippen LogP contribution in [0.4, 0.5) is 24.5 Å². The zero-order valence-electron chi connectivity index (χ0n) is 13.9. The van der Waals surface area contributed by atoms with Crippen LogP contribution in [-0.2, 0) is 19.0 Å². The van der Waals surface area contributed by atoms with Gasteiger partial charge in [-0.05, 0) is 54.3 Å². The van der Waals surface area contributed by atoms with Crippen molar-refractivity contribution < 1.29 is 13.2 Å². The molecule has 1 aliphatic heterocycles. The van der Waals surface area contributed by atoms with Gasteiger partial charge in [0.25, 0.3) is 0 Å². The van der Waals surface area contributed by atoms with Gasteiger partial charge < -0.3 is 16.0 Å². The lowest BCUT2D eigenvalue weighted by Crippen LogP contribution is -2.44. The number of nitrogen functional groups attached to an aromatic ring is 1. The van der Waals surface area contributed by atoms with E-state index in [1.54, 1.807) is 6.07 Å². The van der Waals surface area contributed by atoms with Crippen molar-refractivity contribution in [3.8, 4) is 0 Å². The molecular formula is C19H22F3N3. The molecule has 0 aliphatic carbocycles. The lowest BCUT2D eigenvalue weighted by molar-refractivity contribution is -0.137. The molecule has 1 aliphatic rings. The fourth-order valence-corrected chi connectivity index (χ4v) is 3.14. The van der Waals surface area contributed by atoms with E-state index in [1.807, 2.05) is 24.3 Å². The van der Waals surface area contributed by atoms with Crippen molar-refractivity contribution in [3.63, 3.8) is 0 Å². The van der Waals surface area contributed by atoms with Crippen LogP contribution in [0.1, 0.15) is 16.7 Å². The SMILES string of the molecule is Nc1ccc(CCc2cc(C(F)(F)F)ccc2N2CCNCC2)cc1. The summed E-state index contributed by atoms with van der Waals surface area (Å²) in [6.45, 7) is 3.30. The number of aryl methyl sites for hydroxylation is 2. The topological polar surface area (TPSA) is 41.3 Å². The Morgan fingerprint density at radius 2 is 1.64 bits per heavy atom. The normalized spacial score (nSPS) is 15.4. The van der Waals surface area contributed by atoms with Gasteiger partial charge in [0.15, 0.2) is 0 Å². The van der Waals surface area contributed by atoms with E-state index in [0.29, 0.717) is 18.5 Å². The van der Waals surface area contributed by atoms with Gasteiger partial charge in [0.2, 0.25) is 0 Å². The summed E-state index contributed by atoms with van der Waals surface area (Å²) in [5.41, 5.74) is 8.50. The van der Waals surface area contributed by atoms with Crippen LogP contribution in [0, 0.1) is 0 Å². The van der Waals surface area contributed by atoms with E-state index in [4.69, 9.17) is 5.73 Å². The number of benzene rings is 2. The highest BCUT2D eigenvalue weighted by Crippen LogP contribution is 2.33. The third-order valence-electron chi connectivity index (χ3n) is 4.53. The zero-order valence-corrected chi connectivity index (χ0v) is 13.9. The number of nitrogens with one attached hydrogen (secondary N) is 1. The summed E-state index contributed by atoms with van der Waals surface area (Å²) in [6, 6.07) is 11.6. The van der Waals surface area contributed by atoms with E-state index < -0.39 is 11.7 Å². The largest absolute Gasteiger partial charge is 0.416 e. The van der Waals surface area contributed by atoms with Crippen LogP contribution in [-0.4, -0.2) is 26.2 Å². The number of nitrogens with zero attached hydrogens (tertiary/aromatic N) is 1. The Bertz CT molecular complexity index is 705. The molecule has 134 valence electrons. The zero-order chi connectivity index (χ0) is 17.9. The minimum absolute atomic E-state index is 0.563. The minimum Gasteiger partial charge on any atom is -0.399 e. The predicted octanol–water partition coefficient (Wildman–Crippen LogP) is 3.48. The van der Waals surface area contributed by atoms with Gasteiger partial charge in [-0.15, -0.1) is 0 Å². The van der Waals surface area contributed by atoms with Crippen molar-refractivity contribution in [1.29, 1.82) is 0 Å². The fourth-order valence-electron chi connectivity index (χ4n) is 3.14. The van der Waals surface area contributed by atoms with E-state index in [-0.39, 0.29) is 0 Å². The van der Waals surface area contributed by atoms with Crippen LogP contribution in [0.25, 0.3) is 0 Å². The van der Waals surface area contributed by atoms with E-state index >= 15 is 0 Å². The summed E-state index contributed by atoms with van der Waals surface area (Å²) in [7, 11) is 0. The molecule has 25 heavy (non-hydrogen) atoms. The molecule has 3 nitrogen and oxygen atoms in total. The highest BCUT2D eigenvalue weighted by Gasteiger charge is 2.31.